The van der Waals surface area contributed by atoms with E-state index in [2.05, 4.69) is 10.3 Å². The van der Waals surface area contributed by atoms with Crippen molar-refractivity contribution in [2.45, 2.75) is 5.12 Å². The van der Waals surface area contributed by atoms with E-state index >= 15 is 0 Å². The molecule has 0 aliphatic carbocycles. The Labute approximate surface area is 120 Å². The molecule has 2 aromatic rings. The van der Waals surface area contributed by atoms with Gasteiger partial charge in [0.25, 0.3) is 0 Å². The number of nitrogens with two attached hydrogens (primary N) is 1. The molecule has 0 spiro atoms. The van der Waals surface area contributed by atoms with Gasteiger partial charge in [0, 0.05) is 11.3 Å². The highest BCUT2D eigenvalue weighted by Crippen LogP contribution is 2.39. The fourth-order valence-corrected chi connectivity index (χ4v) is 2.94. The van der Waals surface area contributed by atoms with Crippen LogP contribution in [0, 0.1) is 0 Å². The zero-order valence-electron chi connectivity index (χ0n) is 9.26. The molecule has 0 fully saturated rings. The van der Waals surface area contributed by atoms with Crippen molar-refractivity contribution >= 4 is 46.9 Å². The molecule has 0 saturated carbocycles. The van der Waals surface area contributed by atoms with E-state index in [0.717, 1.165) is 16.1 Å². The Balaban J connectivity index is 0.00000120. The molecule has 1 atom stereocenters. The summed E-state index contributed by atoms with van der Waals surface area (Å²) in [4.78, 5) is 5.28. The first-order valence-corrected chi connectivity index (χ1v) is 6.41. The zero-order chi connectivity index (χ0) is 11.9. The number of aliphatic imine (C=N–C) groups is 1. The molecule has 0 bridgehead atoms. The summed E-state index contributed by atoms with van der Waals surface area (Å²) in [5.74, 6) is 0.461. The van der Waals surface area contributed by atoms with Crippen molar-refractivity contribution in [1.29, 1.82) is 0 Å². The predicted molar refractivity (Wildman–Crippen MR) is 79.9 cm³/mol. The predicted octanol–water partition coefficient (Wildman–Crippen LogP) is 3.35. The smallest absolute Gasteiger partial charge is 0.244 e. The third kappa shape index (κ3) is 2.07. The van der Waals surface area contributed by atoms with Crippen LogP contribution < -0.4 is 11.1 Å². The van der Waals surface area contributed by atoms with Crippen molar-refractivity contribution in [3.05, 3.63) is 52.2 Å². The maximum Gasteiger partial charge on any atom is 0.244 e. The number of nitrogens with one attached hydrogen (secondary N) is 1. The van der Waals surface area contributed by atoms with E-state index in [1.54, 1.807) is 11.3 Å². The summed E-state index contributed by atoms with van der Waals surface area (Å²) in [6.07, 6.45) is 0. The summed E-state index contributed by atoms with van der Waals surface area (Å²) in [6, 6.07) is 11.6. The van der Waals surface area contributed by atoms with E-state index in [9.17, 15) is 0 Å². The first-order valence-electron chi connectivity index (χ1n) is 5.15. The number of hydrogen-bond donors (Lipinski definition) is 2. The highest BCUT2D eigenvalue weighted by molar-refractivity contribution is 7.10. The van der Waals surface area contributed by atoms with Crippen LogP contribution in [0.25, 0.3) is 0 Å². The lowest BCUT2D eigenvalue weighted by molar-refractivity contribution is 0.750. The summed E-state index contributed by atoms with van der Waals surface area (Å²) < 4.78 is 0. The Morgan fingerprint density at radius 1 is 1.22 bits per heavy atom. The van der Waals surface area contributed by atoms with Crippen LogP contribution >= 0.6 is 35.3 Å². The van der Waals surface area contributed by atoms with Crippen molar-refractivity contribution in [2.24, 2.45) is 10.7 Å². The van der Waals surface area contributed by atoms with E-state index in [0.29, 0.717) is 5.84 Å². The molecule has 0 radical (unpaired) electrons. The number of thiophene rings is 1. The average Bonchev–Trinajstić information content (AvgIpc) is 2.83. The van der Waals surface area contributed by atoms with E-state index in [1.807, 2.05) is 41.8 Å². The highest BCUT2D eigenvalue weighted by Gasteiger charge is 2.34. The van der Waals surface area contributed by atoms with Crippen molar-refractivity contribution in [3.8, 4) is 0 Å². The van der Waals surface area contributed by atoms with Gasteiger partial charge < -0.3 is 11.1 Å². The van der Waals surface area contributed by atoms with Crippen LogP contribution in [0.1, 0.15) is 10.4 Å². The van der Waals surface area contributed by atoms with Crippen LogP contribution in [-0.4, -0.2) is 5.84 Å². The van der Waals surface area contributed by atoms with Gasteiger partial charge in [-0.2, -0.15) is 0 Å². The first kappa shape index (κ1) is 13.2. The van der Waals surface area contributed by atoms with Crippen LogP contribution in [0.2, 0.25) is 0 Å². The van der Waals surface area contributed by atoms with Crippen LogP contribution in [0.4, 0.5) is 5.69 Å². The normalized spacial score (nSPS) is 21.3. The van der Waals surface area contributed by atoms with Gasteiger partial charge in [0.1, 0.15) is 5.84 Å². The lowest BCUT2D eigenvalue weighted by Gasteiger charge is -2.30. The lowest BCUT2D eigenvalue weighted by Crippen LogP contribution is -2.35. The number of para-hydroxylation sites is 1. The fourth-order valence-electron chi connectivity index (χ4n) is 1.83. The number of rotatable bonds is 1. The maximum absolute atomic E-state index is 6.50. The highest BCUT2D eigenvalue weighted by atomic mass is 35.5. The standard InChI is InChI=1S/C12H10ClN3S.ClH/c13-12(10-6-3-7-17-10)15-9-5-2-1-4-8(9)11(14)16-12;/h1-7,15H,(H2,14,16);1H. The van der Waals surface area contributed by atoms with Crippen molar-refractivity contribution in [2.75, 3.05) is 5.32 Å². The summed E-state index contributed by atoms with van der Waals surface area (Å²) in [5.41, 5.74) is 7.75. The van der Waals surface area contributed by atoms with Crippen LogP contribution in [0.3, 0.4) is 0 Å². The van der Waals surface area contributed by atoms with Gasteiger partial charge in [-0.05, 0) is 23.6 Å². The van der Waals surface area contributed by atoms with Gasteiger partial charge in [0.15, 0.2) is 0 Å². The van der Waals surface area contributed by atoms with Crippen molar-refractivity contribution in [1.82, 2.24) is 0 Å². The number of anilines is 1. The summed E-state index contributed by atoms with van der Waals surface area (Å²) in [6.45, 7) is 0. The van der Waals surface area contributed by atoms with Crippen LogP contribution in [0.15, 0.2) is 46.8 Å². The molecule has 18 heavy (non-hydrogen) atoms. The number of alkyl halides is 1. The van der Waals surface area contributed by atoms with Gasteiger partial charge in [-0.25, -0.2) is 4.99 Å². The number of nitrogens with zero attached hydrogens (tertiary/aromatic N) is 1. The summed E-state index contributed by atoms with van der Waals surface area (Å²) in [5, 5.41) is 4.20. The zero-order valence-corrected chi connectivity index (χ0v) is 11.6. The third-order valence-electron chi connectivity index (χ3n) is 2.63. The molecule has 6 heteroatoms. The minimum Gasteiger partial charge on any atom is -0.383 e. The van der Waals surface area contributed by atoms with E-state index in [4.69, 9.17) is 17.3 Å². The molecule has 3 N–H and O–H groups in total. The van der Waals surface area contributed by atoms with E-state index in [1.165, 1.54) is 0 Å². The molecule has 0 amide bonds. The molecule has 1 aromatic heterocycles. The number of amidine groups is 1. The van der Waals surface area contributed by atoms with E-state index < -0.39 is 5.12 Å². The molecule has 0 saturated heterocycles. The molecular formula is C12H11Cl2N3S. The van der Waals surface area contributed by atoms with Crippen LogP contribution in [0.5, 0.6) is 0 Å². The molecule has 3 rings (SSSR count). The molecule has 2 heterocycles. The van der Waals surface area contributed by atoms with Gasteiger partial charge in [0.2, 0.25) is 5.12 Å². The fraction of sp³-hybridized carbons (Fsp3) is 0.0833. The SMILES string of the molecule is Cl.NC1=NC(Cl)(c2cccs2)Nc2ccccc21. The Hall–Kier alpha value is -1.23. The first-order chi connectivity index (χ1) is 8.19. The van der Waals surface area contributed by atoms with Gasteiger partial charge >= 0.3 is 0 Å². The average molecular weight is 300 g/mol. The van der Waals surface area contributed by atoms with Gasteiger partial charge in [0.05, 0.1) is 4.88 Å². The number of benzene rings is 1. The van der Waals surface area contributed by atoms with Gasteiger partial charge in [-0.1, -0.05) is 29.8 Å². The van der Waals surface area contributed by atoms with E-state index in [-0.39, 0.29) is 12.4 Å². The van der Waals surface area contributed by atoms with Crippen LogP contribution in [-0.2, 0) is 5.12 Å². The molecule has 1 aromatic carbocycles. The lowest BCUT2D eigenvalue weighted by atomic mass is 10.1. The van der Waals surface area contributed by atoms with Crippen molar-refractivity contribution < 1.29 is 0 Å². The molecule has 94 valence electrons. The Morgan fingerprint density at radius 2 is 2.00 bits per heavy atom. The number of hydrogen-bond acceptors (Lipinski definition) is 4. The Kier molecular flexibility index (Phi) is 3.52. The van der Waals surface area contributed by atoms with Crippen molar-refractivity contribution in [3.63, 3.8) is 0 Å². The second-order valence-electron chi connectivity index (χ2n) is 3.77. The second kappa shape index (κ2) is 4.80. The molecule has 3 nitrogen and oxygen atoms in total. The monoisotopic (exact) mass is 299 g/mol. The number of fused-ring (bicyclic) bond motifs is 1. The summed E-state index contributed by atoms with van der Waals surface area (Å²) >= 11 is 8.04. The quantitative estimate of drug-likeness (QED) is 0.627. The molecule has 1 unspecified atom stereocenters. The Bertz CT molecular complexity index is 583. The molecule has 1 aliphatic rings. The third-order valence-corrected chi connectivity index (χ3v) is 4.10. The minimum absolute atomic E-state index is 0. The minimum atomic E-state index is -0.980. The van der Waals surface area contributed by atoms with Gasteiger partial charge in [-0.3, -0.25) is 0 Å². The number of halogens is 2. The molecular weight excluding hydrogens is 289 g/mol. The Morgan fingerprint density at radius 3 is 2.72 bits per heavy atom. The van der Waals surface area contributed by atoms with Gasteiger partial charge in [-0.15, -0.1) is 23.7 Å². The second-order valence-corrected chi connectivity index (χ2v) is 5.26. The molecule has 1 aliphatic heterocycles. The largest absolute Gasteiger partial charge is 0.383 e. The topological polar surface area (TPSA) is 50.4 Å². The maximum atomic E-state index is 6.50. The summed E-state index contributed by atoms with van der Waals surface area (Å²) in [7, 11) is 0.